The number of hydrogen-bond acceptors (Lipinski definition) is 9. The van der Waals surface area contributed by atoms with Crippen LogP contribution in [0.4, 0.5) is 24.8 Å². The fraction of sp³-hybridized carbons (Fsp3) is 0.333. The maximum atomic E-state index is 12.8. The minimum atomic E-state index is -4.66. The van der Waals surface area contributed by atoms with Gasteiger partial charge in [-0.25, -0.2) is 4.98 Å². The largest absolute Gasteiger partial charge is 0.405 e. The summed E-state index contributed by atoms with van der Waals surface area (Å²) in [7, 11) is 0. The first-order chi connectivity index (χ1) is 17.5. The Bertz CT molecular complexity index is 1430. The highest BCUT2D eigenvalue weighted by molar-refractivity contribution is 7.07. The van der Waals surface area contributed by atoms with Crippen LogP contribution in [0.25, 0.3) is 11.8 Å². The molecular formula is C21H21F3N8O4S. The van der Waals surface area contributed by atoms with E-state index in [0.717, 1.165) is 15.9 Å². The number of pyridine rings is 1. The summed E-state index contributed by atoms with van der Waals surface area (Å²) in [6.45, 7) is 0.388. The molecule has 12 nitrogen and oxygen atoms in total. The highest BCUT2D eigenvalue weighted by Gasteiger charge is 2.29. The Hall–Kier alpha value is -4.23. The molecule has 4 N–H and O–H groups in total. The molecule has 2 aromatic heterocycles. The highest BCUT2D eigenvalue weighted by Crippen LogP contribution is 2.12. The third-order valence-corrected chi connectivity index (χ3v) is 5.96. The summed E-state index contributed by atoms with van der Waals surface area (Å²) in [4.78, 5) is 54.2. The molecule has 3 heterocycles. The number of carbonyl (C=O) groups is 3. The van der Waals surface area contributed by atoms with Crippen LogP contribution in [0.15, 0.2) is 23.0 Å². The molecule has 0 atom stereocenters. The molecule has 0 aliphatic carbocycles. The Kier molecular flexibility index (Phi) is 8.63. The van der Waals surface area contributed by atoms with Gasteiger partial charge in [0.05, 0.1) is 19.8 Å². The topological polar surface area (TPSA) is 161 Å². The number of aromatic nitrogens is 2. The molecule has 0 radical (unpaired) electrons. The lowest BCUT2D eigenvalue weighted by Crippen LogP contribution is -2.37. The molecule has 1 fully saturated rings. The molecule has 0 bridgehead atoms. The number of rotatable bonds is 8. The van der Waals surface area contributed by atoms with Crippen LogP contribution >= 0.6 is 11.3 Å². The molecule has 37 heavy (non-hydrogen) atoms. The summed E-state index contributed by atoms with van der Waals surface area (Å²) in [5.74, 6) is -1.35. The van der Waals surface area contributed by atoms with Crippen LogP contribution < -0.4 is 36.0 Å². The zero-order valence-corrected chi connectivity index (χ0v) is 20.1. The van der Waals surface area contributed by atoms with Crippen molar-refractivity contribution in [2.45, 2.75) is 19.6 Å². The van der Waals surface area contributed by atoms with Crippen molar-refractivity contribution in [3.8, 4) is 6.07 Å². The minimum absolute atomic E-state index is 0.0208. The van der Waals surface area contributed by atoms with Gasteiger partial charge < -0.3 is 21.3 Å². The number of alkyl halides is 3. The molecule has 2 aromatic rings. The first-order valence-electron chi connectivity index (χ1n) is 10.7. The van der Waals surface area contributed by atoms with Gasteiger partial charge in [-0.1, -0.05) is 6.07 Å². The van der Waals surface area contributed by atoms with Crippen molar-refractivity contribution in [3.05, 3.63) is 37.7 Å². The lowest BCUT2D eigenvalue weighted by atomic mass is 10.3. The number of nitrogens with one attached hydrogen (secondary N) is 4. The lowest BCUT2D eigenvalue weighted by Gasteiger charge is -2.12. The van der Waals surface area contributed by atoms with Crippen molar-refractivity contribution in [1.29, 1.82) is 5.26 Å². The average Bonchev–Trinajstić information content (AvgIpc) is 3.38. The van der Waals surface area contributed by atoms with Crippen LogP contribution in [0.2, 0.25) is 0 Å². The number of nitriles is 1. The van der Waals surface area contributed by atoms with Gasteiger partial charge in [0.25, 0.3) is 11.5 Å². The summed E-state index contributed by atoms with van der Waals surface area (Å²) < 4.78 is 38.4. The van der Waals surface area contributed by atoms with Crippen LogP contribution in [-0.4, -0.2) is 64.7 Å². The summed E-state index contributed by atoms with van der Waals surface area (Å²) in [5.41, 5.74) is -1.19. The van der Waals surface area contributed by atoms with Gasteiger partial charge in [0.15, 0.2) is 5.57 Å². The molecule has 1 aliphatic rings. The first kappa shape index (κ1) is 27.4. The number of nitrogens with zero attached hydrogens (tertiary/aromatic N) is 4. The second-order valence-corrected chi connectivity index (χ2v) is 8.63. The van der Waals surface area contributed by atoms with Crippen molar-refractivity contribution >= 4 is 52.5 Å². The van der Waals surface area contributed by atoms with Gasteiger partial charge in [-0.3, -0.25) is 28.6 Å². The van der Waals surface area contributed by atoms with E-state index in [1.807, 2.05) is 0 Å². The van der Waals surface area contributed by atoms with Gasteiger partial charge in [0, 0.05) is 12.7 Å². The molecular weight excluding hydrogens is 517 g/mol. The van der Waals surface area contributed by atoms with E-state index < -0.39 is 29.8 Å². The highest BCUT2D eigenvalue weighted by atomic mass is 32.1. The maximum absolute atomic E-state index is 12.8. The standard InChI is InChI=1S/C21H21F3N8O4S/c1-2-32-19(36)13(37-20(32)12(6-25)18(35)27-10-21(22,23)24)7-26-14-4-3-5-15(29-14)30-17(34)9-31-8-16(33)28-11-31/h3-5,7H,2,8-11H2,1H3,(H,27,35)(H,28,33)(H2,26,29,30,34)/b13-7+,20-12-. The molecule has 3 amide bonds. The molecule has 1 saturated heterocycles. The Morgan fingerprint density at radius 2 is 2.03 bits per heavy atom. The Morgan fingerprint density at radius 1 is 1.30 bits per heavy atom. The number of amides is 3. The van der Waals surface area contributed by atoms with E-state index in [-0.39, 0.29) is 58.9 Å². The Labute approximate surface area is 211 Å². The fourth-order valence-electron chi connectivity index (χ4n) is 3.19. The fourth-order valence-corrected chi connectivity index (χ4v) is 4.28. The summed E-state index contributed by atoms with van der Waals surface area (Å²) in [6.07, 6.45) is -3.38. The van der Waals surface area contributed by atoms with Gasteiger partial charge in [-0.05, 0) is 19.1 Å². The molecule has 3 rings (SSSR count). The van der Waals surface area contributed by atoms with Gasteiger partial charge in [-0.2, -0.15) is 18.4 Å². The van der Waals surface area contributed by atoms with Crippen LogP contribution in [-0.2, 0) is 20.9 Å². The number of halogens is 3. The van der Waals surface area contributed by atoms with Crippen molar-refractivity contribution < 1.29 is 27.6 Å². The molecule has 1 aliphatic heterocycles. The van der Waals surface area contributed by atoms with Crippen LogP contribution in [0, 0.1) is 11.3 Å². The Balaban J connectivity index is 1.80. The number of anilines is 2. The lowest BCUT2D eigenvalue weighted by molar-refractivity contribution is -0.135. The zero-order chi connectivity index (χ0) is 27.2. The second-order valence-electron chi connectivity index (χ2n) is 7.60. The van der Waals surface area contributed by atoms with E-state index >= 15 is 0 Å². The average molecular weight is 539 g/mol. The SMILES string of the molecule is CCn1c(=O)/c(=C\Nc2cccc(NC(=O)CN3CNC(=O)C3)n2)s/c1=C(/C#N)C(=O)NCC(F)(F)F. The molecule has 16 heteroatoms. The van der Waals surface area contributed by atoms with Gasteiger partial charge in [-0.15, -0.1) is 11.3 Å². The number of thiazole rings is 1. The van der Waals surface area contributed by atoms with Crippen molar-refractivity contribution in [2.75, 3.05) is 36.9 Å². The van der Waals surface area contributed by atoms with Crippen molar-refractivity contribution in [1.82, 2.24) is 25.1 Å². The van der Waals surface area contributed by atoms with Crippen molar-refractivity contribution in [2.24, 2.45) is 0 Å². The summed E-state index contributed by atoms with van der Waals surface area (Å²) in [5, 5.41) is 19.0. The van der Waals surface area contributed by atoms with E-state index in [1.165, 1.54) is 12.3 Å². The van der Waals surface area contributed by atoms with Crippen LogP contribution in [0.1, 0.15) is 6.92 Å². The maximum Gasteiger partial charge on any atom is 0.405 e. The molecule has 0 spiro atoms. The third-order valence-electron chi connectivity index (χ3n) is 4.83. The second kappa shape index (κ2) is 11.7. The van der Waals surface area contributed by atoms with E-state index in [2.05, 4.69) is 20.9 Å². The van der Waals surface area contributed by atoms with E-state index in [4.69, 9.17) is 0 Å². The third kappa shape index (κ3) is 7.38. The van der Waals surface area contributed by atoms with E-state index in [1.54, 1.807) is 35.3 Å². The molecule has 0 aromatic carbocycles. The van der Waals surface area contributed by atoms with Crippen molar-refractivity contribution in [3.63, 3.8) is 0 Å². The summed E-state index contributed by atoms with van der Waals surface area (Å²) in [6, 6.07) is 6.26. The molecule has 196 valence electrons. The van der Waals surface area contributed by atoms with Gasteiger partial charge >= 0.3 is 6.18 Å². The predicted octanol–water partition coefficient (Wildman–Crippen LogP) is -1.14. The quantitative estimate of drug-likeness (QED) is 0.328. The van der Waals surface area contributed by atoms with Gasteiger partial charge in [0.1, 0.15) is 33.4 Å². The van der Waals surface area contributed by atoms with Crippen LogP contribution in [0.5, 0.6) is 0 Å². The minimum Gasteiger partial charge on any atom is -0.345 e. The monoisotopic (exact) mass is 538 g/mol. The van der Waals surface area contributed by atoms with E-state index in [9.17, 15) is 37.6 Å². The Morgan fingerprint density at radius 3 is 2.65 bits per heavy atom. The first-order valence-corrected chi connectivity index (χ1v) is 11.5. The van der Waals surface area contributed by atoms with Gasteiger partial charge in [0.2, 0.25) is 11.8 Å². The predicted molar refractivity (Wildman–Crippen MR) is 127 cm³/mol. The smallest absolute Gasteiger partial charge is 0.345 e. The molecule has 0 saturated carbocycles. The zero-order valence-electron chi connectivity index (χ0n) is 19.3. The number of carbonyl (C=O) groups excluding carboxylic acids is 3. The normalized spacial score (nSPS) is 15.1. The van der Waals surface area contributed by atoms with Crippen LogP contribution in [0.3, 0.4) is 0 Å². The molecule has 0 unspecified atom stereocenters. The van der Waals surface area contributed by atoms with E-state index in [0.29, 0.717) is 0 Å². The number of hydrogen-bond donors (Lipinski definition) is 4. The summed E-state index contributed by atoms with van der Waals surface area (Å²) >= 11 is 0.751.